The molecule has 0 heterocycles. The molecule has 0 saturated heterocycles. The maximum Gasteiger partial charge on any atom is 0.142 e. The van der Waals surface area contributed by atoms with Gasteiger partial charge in [0.25, 0.3) is 0 Å². The van der Waals surface area contributed by atoms with E-state index in [9.17, 15) is 0 Å². The summed E-state index contributed by atoms with van der Waals surface area (Å²) in [4.78, 5) is 0. The standard InChI is InChI=1S/C18H21NO/c1-2-13-7-9-18(17(19)11-13)20-12-14-6-8-15-4-3-5-16(15)10-14/h6-11H,2-5,12,19H2,1H3. The van der Waals surface area contributed by atoms with Crippen LogP contribution in [0.5, 0.6) is 5.75 Å². The van der Waals surface area contributed by atoms with Crippen LogP contribution in [0.2, 0.25) is 0 Å². The number of rotatable bonds is 4. The summed E-state index contributed by atoms with van der Waals surface area (Å²) in [5, 5.41) is 0. The molecule has 0 atom stereocenters. The van der Waals surface area contributed by atoms with Crippen molar-refractivity contribution in [2.24, 2.45) is 0 Å². The van der Waals surface area contributed by atoms with Gasteiger partial charge in [0.05, 0.1) is 5.69 Å². The normalized spacial score (nSPS) is 13.2. The fourth-order valence-corrected chi connectivity index (χ4v) is 2.83. The van der Waals surface area contributed by atoms with Gasteiger partial charge in [-0.15, -0.1) is 0 Å². The molecule has 20 heavy (non-hydrogen) atoms. The molecule has 0 unspecified atom stereocenters. The Balaban J connectivity index is 1.70. The molecule has 0 amide bonds. The number of fused-ring (bicyclic) bond motifs is 1. The van der Waals surface area contributed by atoms with Gasteiger partial charge in [-0.1, -0.05) is 31.2 Å². The van der Waals surface area contributed by atoms with Crippen molar-refractivity contribution in [1.29, 1.82) is 0 Å². The van der Waals surface area contributed by atoms with E-state index >= 15 is 0 Å². The van der Waals surface area contributed by atoms with Crippen LogP contribution in [-0.2, 0) is 25.9 Å². The number of benzene rings is 2. The molecule has 2 aromatic rings. The van der Waals surface area contributed by atoms with Gasteiger partial charge in [-0.3, -0.25) is 0 Å². The van der Waals surface area contributed by atoms with Gasteiger partial charge in [-0.05, 0) is 60.1 Å². The maximum absolute atomic E-state index is 6.03. The Kier molecular flexibility index (Phi) is 3.64. The first-order chi connectivity index (χ1) is 9.76. The monoisotopic (exact) mass is 267 g/mol. The van der Waals surface area contributed by atoms with Crippen molar-refractivity contribution >= 4 is 5.69 Å². The zero-order valence-electron chi connectivity index (χ0n) is 12.0. The van der Waals surface area contributed by atoms with Crippen molar-refractivity contribution in [1.82, 2.24) is 0 Å². The second kappa shape index (κ2) is 5.58. The Morgan fingerprint density at radius 1 is 1.00 bits per heavy atom. The number of nitrogens with two attached hydrogens (primary N) is 1. The maximum atomic E-state index is 6.03. The van der Waals surface area contributed by atoms with E-state index in [1.165, 1.54) is 41.5 Å². The molecule has 0 spiro atoms. The molecule has 2 nitrogen and oxygen atoms in total. The lowest BCUT2D eigenvalue weighted by atomic mass is 10.1. The van der Waals surface area contributed by atoms with Gasteiger partial charge in [0.2, 0.25) is 0 Å². The molecule has 2 heteroatoms. The van der Waals surface area contributed by atoms with Gasteiger partial charge < -0.3 is 10.5 Å². The topological polar surface area (TPSA) is 35.2 Å². The van der Waals surface area contributed by atoms with E-state index < -0.39 is 0 Å². The van der Waals surface area contributed by atoms with Gasteiger partial charge in [-0.25, -0.2) is 0 Å². The molecule has 1 aliphatic carbocycles. The molecular formula is C18H21NO. The molecule has 2 N–H and O–H groups in total. The number of anilines is 1. The highest BCUT2D eigenvalue weighted by Gasteiger charge is 2.11. The zero-order chi connectivity index (χ0) is 13.9. The molecule has 0 radical (unpaired) electrons. The van der Waals surface area contributed by atoms with Crippen molar-refractivity contribution in [3.05, 3.63) is 58.7 Å². The van der Waals surface area contributed by atoms with Crippen molar-refractivity contribution in [3.63, 3.8) is 0 Å². The van der Waals surface area contributed by atoms with Gasteiger partial charge >= 0.3 is 0 Å². The lowest BCUT2D eigenvalue weighted by Gasteiger charge is -2.11. The average molecular weight is 267 g/mol. The number of aryl methyl sites for hydroxylation is 3. The molecule has 0 aliphatic heterocycles. The first-order valence-corrected chi connectivity index (χ1v) is 7.38. The van der Waals surface area contributed by atoms with Crippen LogP contribution >= 0.6 is 0 Å². The summed E-state index contributed by atoms with van der Waals surface area (Å²) in [5.74, 6) is 0.780. The van der Waals surface area contributed by atoms with Crippen molar-refractivity contribution < 1.29 is 4.74 Å². The third-order valence-corrected chi connectivity index (χ3v) is 4.04. The average Bonchev–Trinajstić information content (AvgIpc) is 2.93. The van der Waals surface area contributed by atoms with Gasteiger partial charge in [0.15, 0.2) is 0 Å². The lowest BCUT2D eigenvalue weighted by Crippen LogP contribution is -2.00. The van der Waals surface area contributed by atoms with Crippen molar-refractivity contribution in [2.45, 2.75) is 39.2 Å². The summed E-state index contributed by atoms with van der Waals surface area (Å²) < 4.78 is 5.86. The molecule has 1 aliphatic rings. The molecule has 2 aromatic carbocycles. The third-order valence-electron chi connectivity index (χ3n) is 4.04. The van der Waals surface area contributed by atoms with E-state index in [0.717, 1.165) is 17.9 Å². The summed E-state index contributed by atoms with van der Waals surface area (Å²) in [7, 11) is 0. The van der Waals surface area contributed by atoms with Crippen LogP contribution < -0.4 is 10.5 Å². The molecule has 104 valence electrons. The number of nitrogen functional groups attached to an aromatic ring is 1. The lowest BCUT2D eigenvalue weighted by molar-refractivity contribution is 0.308. The van der Waals surface area contributed by atoms with E-state index in [4.69, 9.17) is 10.5 Å². The quantitative estimate of drug-likeness (QED) is 0.853. The molecule has 0 aromatic heterocycles. The first kappa shape index (κ1) is 13.0. The minimum Gasteiger partial charge on any atom is -0.487 e. The SMILES string of the molecule is CCc1ccc(OCc2ccc3c(c2)CCC3)c(N)c1. The predicted octanol–water partition coefficient (Wildman–Crippen LogP) is 3.90. The van der Waals surface area contributed by atoms with Crippen molar-refractivity contribution in [3.8, 4) is 5.75 Å². The smallest absolute Gasteiger partial charge is 0.142 e. The summed E-state index contributed by atoms with van der Waals surface area (Å²) in [6.45, 7) is 2.71. The van der Waals surface area contributed by atoms with Crippen LogP contribution in [0.1, 0.15) is 35.6 Å². The van der Waals surface area contributed by atoms with E-state index in [1.807, 2.05) is 12.1 Å². The van der Waals surface area contributed by atoms with Gasteiger partial charge in [0.1, 0.15) is 12.4 Å². The molecule has 0 bridgehead atoms. The van der Waals surface area contributed by atoms with Crippen LogP contribution in [0.15, 0.2) is 36.4 Å². The predicted molar refractivity (Wildman–Crippen MR) is 83.0 cm³/mol. The van der Waals surface area contributed by atoms with Crippen LogP contribution in [0.25, 0.3) is 0 Å². The van der Waals surface area contributed by atoms with Gasteiger partial charge in [0, 0.05) is 0 Å². The summed E-state index contributed by atoms with van der Waals surface area (Å²) in [6, 6.07) is 12.7. The minimum absolute atomic E-state index is 0.586. The second-order valence-corrected chi connectivity index (χ2v) is 5.47. The molecule has 0 saturated carbocycles. The Bertz CT molecular complexity index is 619. The fourth-order valence-electron chi connectivity index (χ4n) is 2.83. The number of ether oxygens (including phenoxy) is 1. The third kappa shape index (κ3) is 2.64. The Labute approximate surface area is 120 Å². The van der Waals surface area contributed by atoms with Crippen LogP contribution in [0.3, 0.4) is 0 Å². The number of hydrogen-bond donors (Lipinski definition) is 1. The highest BCUT2D eigenvalue weighted by atomic mass is 16.5. The summed E-state index contributed by atoms with van der Waals surface area (Å²) >= 11 is 0. The largest absolute Gasteiger partial charge is 0.487 e. The number of hydrogen-bond acceptors (Lipinski definition) is 2. The van der Waals surface area contributed by atoms with Crippen molar-refractivity contribution in [2.75, 3.05) is 5.73 Å². The minimum atomic E-state index is 0.586. The Morgan fingerprint density at radius 2 is 1.80 bits per heavy atom. The molecular weight excluding hydrogens is 246 g/mol. The fraction of sp³-hybridized carbons (Fsp3) is 0.333. The zero-order valence-corrected chi connectivity index (χ0v) is 12.0. The van der Waals surface area contributed by atoms with E-state index in [-0.39, 0.29) is 0 Å². The Hall–Kier alpha value is -1.96. The summed E-state index contributed by atoms with van der Waals surface area (Å²) in [5.41, 5.74) is 12.2. The molecule has 3 rings (SSSR count). The van der Waals surface area contributed by atoms with Crippen LogP contribution in [0, 0.1) is 0 Å². The Morgan fingerprint density at radius 3 is 2.60 bits per heavy atom. The first-order valence-electron chi connectivity index (χ1n) is 7.38. The highest BCUT2D eigenvalue weighted by Crippen LogP contribution is 2.26. The van der Waals surface area contributed by atoms with Crippen LogP contribution in [0.4, 0.5) is 5.69 Å². The van der Waals surface area contributed by atoms with Gasteiger partial charge in [-0.2, -0.15) is 0 Å². The van der Waals surface area contributed by atoms with E-state index in [2.05, 4.69) is 31.2 Å². The van der Waals surface area contributed by atoms with E-state index in [1.54, 1.807) is 0 Å². The summed E-state index contributed by atoms with van der Waals surface area (Å²) in [6.07, 6.45) is 4.71. The second-order valence-electron chi connectivity index (χ2n) is 5.47. The molecule has 0 fully saturated rings. The van der Waals surface area contributed by atoms with E-state index in [0.29, 0.717) is 6.61 Å². The highest BCUT2D eigenvalue weighted by molar-refractivity contribution is 5.54. The van der Waals surface area contributed by atoms with Crippen LogP contribution in [-0.4, -0.2) is 0 Å².